The highest BCUT2D eigenvalue weighted by Gasteiger charge is 2.11. The van der Waals surface area contributed by atoms with Crippen molar-refractivity contribution in [3.8, 4) is 11.1 Å². The molecule has 0 radical (unpaired) electrons. The van der Waals surface area contributed by atoms with Gasteiger partial charge in [-0.05, 0) is 54.4 Å². The van der Waals surface area contributed by atoms with E-state index < -0.39 is 24.5 Å². The Hall–Kier alpha value is -3.93. The van der Waals surface area contributed by atoms with Gasteiger partial charge in [-0.3, -0.25) is 4.79 Å². The summed E-state index contributed by atoms with van der Waals surface area (Å²) in [5.41, 5.74) is 3.26. The summed E-state index contributed by atoms with van der Waals surface area (Å²) in [4.78, 5) is 35.8. The SMILES string of the molecule is CCOC(=O)c1ccc(NC(=O)COC(=O)c2ccc(-c3ccccc3)cc2)cc1. The van der Waals surface area contributed by atoms with E-state index in [-0.39, 0.29) is 6.61 Å². The van der Waals surface area contributed by atoms with Crippen LogP contribution in [-0.4, -0.2) is 31.1 Å². The Morgan fingerprint density at radius 3 is 1.83 bits per heavy atom. The normalized spacial score (nSPS) is 10.2. The van der Waals surface area contributed by atoms with Crippen molar-refractivity contribution in [3.63, 3.8) is 0 Å². The lowest BCUT2D eigenvalue weighted by molar-refractivity contribution is -0.119. The van der Waals surface area contributed by atoms with Crippen molar-refractivity contribution in [2.75, 3.05) is 18.5 Å². The van der Waals surface area contributed by atoms with Crippen LogP contribution < -0.4 is 5.32 Å². The van der Waals surface area contributed by atoms with Crippen molar-refractivity contribution in [2.45, 2.75) is 6.92 Å². The molecule has 0 aliphatic carbocycles. The quantitative estimate of drug-likeness (QED) is 0.594. The standard InChI is InChI=1S/C24H21NO5/c1-2-29-23(27)20-12-14-21(15-13-20)25-22(26)16-30-24(28)19-10-8-18(9-11-19)17-6-4-3-5-7-17/h3-15H,2,16H2,1H3,(H,25,26). The number of ether oxygens (including phenoxy) is 2. The van der Waals surface area contributed by atoms with Crippen LogP contribution in [-0.2, 0) is 14.3 Å². The van der Waals surface area contributed by atoms with Crippen LogP contribution >= 0.6 is 0 Å². The zero-order valence-electron chi connectivity index (χ0n) is 16.5. The lowest BCUT2D eigenvalue weighted by Crippen LogP contribution is -2.21. The van der Waals surface area contributed by atoms with Crippen LogP contribution in [0.4, 0.5) is 5.69 Å². The fourth-order valence-corrected chi connectivity index (χ4v) is 2.74. The Morgan fingerprint density at radius 1 is 0.700 bits per heavy atom. The molecule has 0 aromatic heterocycles. The molecule has 0 aliphatic rings. The van der Waals surface area contributed by atoms with E-state index in [1.165, 1.54) is 0 Å². The second kappa shape index (κ2) is 10.0. The third-order valence-corrected chi connectivity index (χ3v) is 4.24. The smallest absolute Gasteiger partial charge is 0.338 e. The van der Waals surface area contributed by atoms with Crippen LogP contribution in [0.1, 0.15) is 27.6 Å². The Balaban J connectivity index is 1.50. The molecule has 1 amide bonds. The number of anilines is 1. The molecule has 0 spiro atoms. The summed E-state index contributed by atoms with van der Waals surface area (Å²) in [5.74, 6) is -1.49. The second-order valence-electron chi connectivity index (χ2n) is 6.37. The van der Waals surface area contributed by atoms with Gasteiger partial charge in [-0.1, -0.05) is 42.5 Å². The number of hydrogen-bond acceptors (Lipinski definition) is 5. The van der Waals surface area contributed by atoms with Gasteiger partial charge in [0.2, 0.25) is 0 Å². The molecule has 1 N–H and O–H groups in total. The van der Waals surface area contributed by atoms with Crippen molar-refractivity contribution in [1.29, 1.82) is 0 Å². The minimum Gasteiger partial charge on any atom is -0.462 e. The number of carbonyl (C=O) groups is 3. The molecule has 0 unspecified atom stereocenters. The Labute approximate surface area is 174 Å². The zero-order valence-corrected chi connectivity index (χ0v) is 16.5. The van der Waals surface area contributed by atoms with Gasteiger partial charge in [0.1, 0.15) is 0 Å². The highest BCUT2D eigenvalue weighted by molar-refractivity contribution is 5.96. The summed E-state index contributed by atoms with van der Waals surface area (Å²) in [7, 11) is 0. The first-order chi connectivity index (χ1) is 14.6. The maximum Gasteiger partial charge on any atom is 0.338 e. The third-order valence-electron chi connectivity index (χ3n) is 4.24. The van der Waals surface area contributed by atoms with Crippen LogP contribution in [0, 0.1) is 0 Å². The van der Waals surface area contributed by atoms with E-state index in [0.717, 1.165) is 11.1 Å². The molecule has 152 valence electrons. The van der Waals surface area contributed by atoms with Gasteiger partial charge >= 0.3 is 11.9 Å². The van der Waals surface area contributed by atoms with Gasteiger partial charge < -0.3 is 14.8 Å². The molecule has 6 nitrogen and oxygen atoms in total. The second-order valence-corrected chi connectivity index (χ2v) is 6.37. The van der Waals surface area contributed by atoms with Crippen molar-refractivity contribution >= 4 is 23.5 Å². The molecule has 0 fully saturated rings. The molecule has 0 heterocycles. The van der Waals surface area contributed by atoms with Gasteiger partial charge in [-0.2, -0.15) is 0 Å². The molecule has 0 aliphatic heterocycles. The fourth-order valence-electron chi connectivity index (χ4n) is 2.74. The molecular weight excluding hydrogens is 382 g/mol. The molecule has 30 heavy (non-hydrogen) atoms. The third kappa shape index (κ3) is 5.54. The van der Waals surface area contributed by atoms with Crippen molar-refractivity contribution < 1.29 is 23.9 Å². The van der Waals surface area contributed by atoms with E-state index in [4.69, 9.17) is 9.47 Å². The summed E-state index contributed by atoms with van der Waals surface area (Å²) in [5, 5.41) is 2.61. The lowest BCUT2D eigenvalue weighted by Gasteiger charge is -2.08. The summed E-state index contributed by atoms with van der Waals surface area (Å²) in [6, 6.07) is 23.0. The largest absolute Gasteiger partial charge is 0.462 e. The van der Waals surface area contributed by atoms with Gasteiger partial charge in [-0.15, -0.1) is 0 Å². The van der Waals surface area contributed by atoms with Gasteiger partial charge in [0.25, 0.3) is 5.91 Å². The van der Waals surface area contributed by atoms with Crippen LogP contribution in [0.25, 0.3) is 11.1 Å². The van der Waals surface area contributed by atoms with Crippen LogP contribution in [0.5, 0.6) is 0 Å². The number of esters is 2. The molecular formula is C24H21NO5. The molecule has 3 aromatic carbocycles. The molecule has 0 saturated heterocycles. The monoisotopic (exact) mass is 403 g/mol. The highest BCUT2D eigenvalue weighted by atomic mass is 16.5. The molecule has 3 aromatic rings. The highest BCUT2D eigenvalue weighted by Crippen LogP contribution is 2.19. The summed E-state index contributed by atoms with van der Waals surface area (Å²) < 4.78 is 9.98. The molecule has 6 heteroatoms. The molecule has 0 bridgehead atoms. The number of rotatable bonds is 7. The maximum atomic E-state index is 12.2. The first-order valence-electron chi connectivity index (χ1n) is 9.46. The average Bonchev–Trinajstić information content (AvgIpc) is 2.79. The van der Waals surface area contributed by atoms with Crippen LogP contribution in [0.15, 0.2) is 78.9 Å². The number of carbonyl (C=O) groups excluding carboxylic acids is 3. The number of nitrogens with one attached hydrogen (secondary N) is 1. The fraction of sp³-hybridized carbons (Fsp3) is 0.125. The molecule has 0 atom stereocenters. The van der Waals surface area contributed by atoms with E-state index in [9.17, 15) is 14.4 Å². The number of benzene rings is 3. The summed E-state index contributed by atoms with van der Waals surface area (Å²) in [6.45, 7) is 1.60. The Morgan fingerprint density at radius 2 is 1.23 bits per heavy atom. The number of amides is 1. The van der Waals surface area contributed by atoms with Gasteiger partial charge in [-0.25, -0.2) is 9.59 Å². The van der Waals surface area contributed by atoms with Crippen LogP contribution in [0.3, 0.4) is 0 Å². The zero-order chi connectivity index (χ0) is 21.3. The minimum atomic E-state index is -0.581. The van der Waals surface area contributed by atoms with E-state index in [1.807, 2.05) is 42.5 Å². The number of hydrogen-bond donors (Lipinski definition) is 1. The van der Waals surface area contributed by atoms with Crippen LogP contribution in [0.2, 0.25) is 0 Å². The first-order valence-corrected chi connectivity index (χ1v) is 9.46. The van der Waals surface area contributed by atoms with E-state index >= 15 is 0 Å². The van der Waals surface area contributed by atoms with Crippen molar-refractivity contribution in [2.24, 2.45) is 0 Å². The first kappa shape index (κ1) is 20.8. The topological polar surface area (TPSA) is 81.7 Å². The molecule has 3 rings (SSSR count). The van der Waals surface area contributed by atoms with Crippen molar-refractivity contribution in [1.82, 2.24) is 0 Å². The Bertz CT molecular complexity index is 1010. The van der Waals surface area contributed by atoms with Gasteiger partial charge in [0, 0.05) is 5.69 Å². The van der Waals surface area contributed by atoms with Gasteiger partial charge in [0.05, 0.1) is 17.7 Å². The van der Waals surface area contributed by atoms with E-state index in [0.29, 0.717) is 16.8 Å². The van der Waals surface area contributed by atoms with E-state index in [2.05, 4.69) is 5.32 Å². The average molecular weight is 403 g/mol. The Kier molecular flexibility index (Phi) is 6.95. The maximum absolute atomic E-state index is 12.2. The summed E-state index contributed by atoms with van der Waals surface area (Å²) >= 11 is 0. The lowest BCUT2D eigenvalue weighted by atomic mass is 10.0. The molecule has 0 saturated carbocycles. The van der Waals surface area contributed by atoms with Crippen molar-refractivity contribution in [3.05, 3.63) is 90.0 Å². The predicted octanol–water partition coefficient (Wildman–Crippen LogP) is 4.33. The van der Waals surface area contributed by atoms with E-state index in [1.54, 1.807) is 43.3 Å². The minimum absolute atomic E-state index is 0.289. The summed E-state index contributed by atoms with van der Waals surface area (Å²) in [6.07, 6.45) is 0. The predicted molar refractivity (Wildman–Crippen MR) is 113 cm³/mol. The van der Waals surface area contributed by atoms with Gasteiger partial charge in [0.15, 0.2) is 6.61 Å².